The van der Waals surface area contributed by atoms with Gasteiger partial charge in [-0.3, -0.25) is 4.79 Å². The molecule has 0 fully saturated rings. The third kappa shape index (κ3) is 2.39. The fourth-order valence-electron chi connectivity index (χ4n) is 0.639. The van der Waals surface area contributed by atoms with Crippen LogP contribution in [-0.4, -0.2) is 16.2 Å². The van der Waals surface area contributed by atoms with Gasteiger partial charge in [0.1, 0.15) is 0 Å². The summed E-state index contributed by atoms with van der Waals surface area (Å²) < 4.78 is 0. The zero-order valence-corrected chi connectivity index (χ0v) is 6.88. The summed E-state index contributed by atoms with van der Waals surface area (Å²) in [6.07, 6.45) is 0. The zero-order valence-electron chi connectivity index (χ0n) is 6.06. The molecule has 1 rings (SSSR count). The lowest BCUT2D eigenvalue weighted by molar-refractivity contribution is -0.144. The van der Waals surface area contributed by atoms with Crippen molar-refractivity contribution in [1.29, 1.82) is 0 Å². The highest BCUT2D eigenvalue weighted by Crippen LogP contribution is 2.17. The van der Waals surface area contributed by atoms with Crippen molar-refractivity contribution in [2.45, 2.75) is 4.90 Å². The molecule has 0 unspecified atom stereocenters. The molecule has 1 aromatic rings. The van der Waals surface area contributed by atoms with Gasteiger partial charge in [0, 0.05) is 4.90 Å². The molecule has 62 valence electrons. The zero-order chi connectivity index (χ0) is 8.97. The second-order valence-electron chi connectivity index (χ2n) is 2.01. The van der Waals surface area contributed by atoms with Crippen LogP contribution < -0.4 is 0 Å². The van der Waals surface area contributed by atoms with Crippen LogP contribution in [0.15, 0.2) is 35.2 Å². The molecule has 0 heterocycles. The van der Waals surface area contributed by atoms with E-state index in [0.29, 0.717) is 16.7 Å². The largest absolute Gasteiger partial charge is 0.475 e. The molecule has 0 aromatic heterocycles. The third-order valence-corrected chi connectivity index (χ3v) is 2.00. The van der Waals surface area contributed by atoms with Crippen LogP contribution in [0.5, 0.6) is 0 Å². The summed E-state index contributed by atoms with van der Waals surface area (Å²) in [5, 5.41) is 7.41. The highest BCUT2D eigenvalue weighted by atomic mass is 32.2. The van der Waals surface area contributed by atoms with E-state index in [1.165, 1.54) is 0 Å². The molecule has 0 bridgehead atoms. The summed E-state index contributed by atoms with van der Waals surface area (Å²) in [5.74, 6) is -1.41. The van der Waals surface area contributed by atoms with E-state index in [4.69, 9.17) is 5.11 Å². The normalized spacial score (nSPS) is 9.33. The fourth-order valence-corrected chi connectivity index (χ4v) is 1.23. The van der Waals surface area contributed by atoms with Crippen LogP contribution in [-0.2, 0) is 9.59 Å². The summed E-state index contributed by atoms with van der Waals surface area (Å²) in [6.45, 7) is 0. The molecule has 0 aliphatic rings. The van der Waals surface area contributed by atoms with Crippen molar-refractivity contribution < 1.29 is 14.7 Å². The molecule has 0 aliphatic carbocycles. The molecular weight excluding hydrogens is 176 g/mol. The Bertz CT molecular complexity index is 294. The molecule has 0 aliphatic heterocycles. The van der Waals surface area contributed by atoms with E-state index < -0.39 is 11.1 Å². The first-order chi connectivity index (χ1) is 5.70. The Morgan fingerprint density at radius 2 is 1.75 bits per heavy atom. The van der Waals surface area contributed by atoms with Crippen LogP contribution >= 0.6 is 11.8 Å². The Morgan fingerprint density at radius 3 is 2.25 bits per heavy atom. The van der Waals surface area contributed by atoms with Gasteiger partial charge in [0.25, 0.3) is 0 Å². The topological polar surface area (TPSA) is 54.4 Å². The Balaban J connectivity index is 2.65. The Morgan fingerprint density at radius 1 is 1.17 bits per heavy atom. The highest BCUT2D eigenvalue weighted by molar-refractivity contribution is 8.15. The summed E-state index contributed by atoms with van der Waals surface area (Å²) >= 11 is 0.713. The number of aliphatic carboxylic acids is 1. The van der Waals surface area contributed by atoms with E-state index >= 15 is 0 Å². The Hall–Kier alpha value is -1.29. The second kappa shape index (κ2) is 3.92. The quantitative estimate of drug-likeness (QED) is 0.526. The maximum atomic E-state index is 10.7. The highest BCUT2D eigenvalue weighted by Gasteiger charge is 2.12. The number of carboxylic acids is 1. The van der Waals surface area contributed by atoms with Gasteiger partial charge < -0.3 is 5.11 Å². The van der Waals surface area contributed by atoms with Crippen LogP contribution in [0.4, 0.5) is 0 Å². The molecule has 0 saturated carbocycles. The van der Waals surface area contributed by atoms with Crippen LogP contribution in [0, 0.1) is 0 Å². The number of carbonyl (C=O) groups is 2. The third-order valence-electron chi connectivity index (χ3n) is 1.13. The molecule has 0 saturated heterocycles. The predicted molar refractivity (Wildman–Crippen MR) is 44.9 cm³/mol. The number of hydrogen-bond acceptors (Lipinski definition) is 3. The predicted octanol–water partition coefficient (Wildman–Crippen LogP) is 1.39. The monoisotopic (exact) mass is 182 g/mol. The first-order valence-electron chi connectivity index (χ1n) is 3.20. The lowest BCUT2D eigenvalue weighted by Crippen LogP contribution is -2.06. The van der Waals surface area contributed by atoms with Gasteiger partial charge >= 0.3 is 11.1 Å². The van der Waals surface area contributed by atoms with E-state index in [-0.39, 0.29) is 0 Å². The average Bonchev–Trinajstić information content (AvgIpc) is 2.06. The standard InChI is InChI=1S/C8H6O3S/c9-7(10)8(11)12-6-4-2-1-3-5-6/h1-5H,(H,9,10). The summed E-state index contributed by atoms with van der Waals surface area (Å²) in [4.78, 5) is 21.5. The fraction of sp³-hybridized carbons (Fsp3) is 0. The first-order valence-corrected chi connectivity index (χ1v) is 4.02. The minimum absolute atomic E-state index is 0.643. The lowest BCUT2D eigenvalue weighted by atomic mass is 10.4. The number of rotatable bonds is 1. The van der Waals surface area contributed by atoms with Crippen molar-refractivity contribution in [3.63, 3.8) is 0 Å². The molecule has 12 heavy (non-hydrogen) atoms. The number of hydrogen-bond donors (Lipinski definition) is 1. The maximum absolute atomic E-state index is 10.7. The van der Waals surface area contributed by atoms with Crippen molar-refractivity contribution in [3.05, 3.63) is 30.3 Å². The number of carbonyl (C=O) groups excluding carboxylic acids is 1. The first kappa shape index (κ1) is 8.80. The molecule has 1 aromatic carbocycles. The maximum Gasteiger partial charge on any atom is 0.383 e. The molecule has 0 spiro atoms. The van der Waals surface area contributed by atoms with Gasteiger partial charge in [-0.1, -0.05) is 18.2 Å². The van der Waals surface area contributed by atoms with E-state index in [0.717, 1.165) is 0 Å². The van der Waals surface area contributed by atoms with Gasteiger partial charge in [0.05, 0.1) is 0 Å². The Labute approximate surface area is 73.4 Å². The van der Waals surface area contributed by atoms with Crippen molar-refractivity contribution >= 4 is 22.8 Å². The van der Waals surface area contributed by atoms with Crippen molar-refractivity contribution in [1.82, 2.24) is 0 Å². The smallest absolute Gasteiger partial charge is 0.383 e. The van der Waals surface area contributed by atoms with E-state index in [1.807, 2.05) is 0 Å². The second-order valence-corrected chi connectivity index (χ2v) is 3.05. The van der Waals surface area contributed by atoms with Crippen molar-refractivity contribution in [2.24, 2.45) is 0 Å². The summed E-state index contributed by atoms with van der Waals surface area (Å²) in [6, 6.07) is 8.67. The molecule has 3 nitrogen and oxygen atoms in total. The molecule has 0 radical (unpaired) electrons. The summed E-state index contributed by atoms with van der Waals surface area (Å²) in [7, 11) is 0. The number of benzene rings is 1. The van der Waals surface area contributed by atoms with Gasteiger partial charge in [0.2, 0.25) is 0 Å². The number of thioether (sulfide) groups is 1. The van der Waals surface area contributed by atoms with Crippen LogP contribution in [0.3, 0.4) is 0 Å². The van der Waals surface area contributed by atoms with Crippen molar-refractivity contribution in [3.8, 4) is 0 Å². The van der Waals surface area contributed by atoms with Gasteiger partial charge in [-0.05, 0) is 23.9 Å². The van der Waals surface area contributed by atoms with Gasteiger partial charge in [-0.15, -0.1) is 0 Å². The average molecular weight is 182 g/mol. The van der Waals surface area contributed by atoms with E-state index in [2.05, 4.69) is 0 Å². The molecular formula is C8H6O3S. The van der Waals surface area contributed by atoms with Crippen molar-refractivity contribution in [2.75, 3.05) is 0 Å². The van der Waals surface area contributed by atoms with Gasteiger partial charge in [0.15, 0.2) is 0 Å². The summed E-state index contributed by atoms with van der Waals surface area (Å²) in [5.41, 5.74) is 0. The van der Waals surface area contributed by atoms with Crippen LogP contribution in [0.2, 0.25) is 0 Å². The van der Waals surface area contributed by atoms with Gasteiger partial charge in [-0.25, -0.2) is 4.79 Å². The minimum Gasteiger partial charge on any atom is -0.475 e. The van der Waals surface area contributed by atoms with E-state index in [1.54, 1.807) is 30.3 Å². The number of carboxylic acid groups (broad SMARTS) is 1. The minimum atomic E-state index is -1.41. The van der Waals surface area contributed by atoms with Gasteiger partial charge in [-0.2, -0.15) is 0 Å². The Kier molecular flexibility index (Phi) is 2.88. The van der Waals surface area contributed by atoms with E-state index in [9.17, 15) is 9.59 Å². The molecule has 4 heteroatoms. The molecule has 0 amide bonds. The SMILES string of the molecule is O=C(O)C(=O)Sc1ccccc1. The molecule has 1 N–H and O–H groups in total. The van der Waals surface area contributed by atoms with Crippen LogP contribution in [0.1, 0.15) is 0 Å². The van der Waals surface area contributed by atoms with Crippen LogP contribution in [0.25, 0.3) is 0 Å². The lowest BCUT2D eigenvalue weighted by Gasteiger charge is -1.94. The molecule has 0 atom stereocenters.